The highest BCUT2D eigenvalue weighted by Crippen LogP contribution is 2.62. The SMILES string of the molecule is CN(C)C(=O)/C=C/c1ccc(S[C@@H]2Cc3cc(O)ccc3[C@H]3CC[C@]4(C)[C@@H](O)CC[C@H]4[C@@H]32)cc1. The van der Waals surface area contributed by atoms with Crippen molar-refractivity contribution in [3.05, 3.63) is 65.2 Å². The second-order valence-electron chi connectivity index (χ2n) is 10.8. The van der Waals surface area contributed by atoms with E-state index in [1.807, 2.05) is 30.0 Å². The largest absolute Gasteiger partial charge is 0.508 e. The Morgan fingerprint density at radius 2 is 1.88 bits per heavy atom. The summed E-state index contributed by atoms with van der Waals surface area (Å²) in [5, 5.41) is 21.4. The van der Waals surface area contributed by atoms with Crippen molar-refractivity contribution in [2.24, 2.45) is 17.3 Å². The van der Waals surface area contributed by atoms with Crippen molar-refractivity contribution < 1.29 is 15.0 Å². The number of nitrogens with zero attached hydrogens (tertiary/aromatic N) is 1. The highest BCUT2D eigenvalue weighted by Gasteiger charge is 2.56. The summed E-state index contributed by atoms with van der Waals surface area (Å²) in [6.07, 6.45) is 8.41. The van der Waals surface area contributed by atoms with Crippen LogP contribution in [0.2, 0.25) is 0 Å². The van der Waals surface area contributed by atoms with E-state index in [-0.39, 0.29) is 17.4 Å². The summed E-state index contributed by atoms with van der Waals surface area (Å²) in [7, 11) is 3.50. The minimum atomic E-state index is -0.193. The molecular weight excluding hydrogens is 442 g/mol. The Morgan fingerprint density at radius 1 is 1.12 bits per heavy atom. The molecule has 0 heterocycles. The molecule has 3 aliphatic rings. The molecule has 0 aromatic heterocycles. The molecule has 0 spiro atoms. The first kappa shape index (κ1) is 23.5. The van der Waals surface area contributed by atoms with Gasteiger partial charge in [-0.3, -0.25) is 4.79 Å². The van der Waals surface area contributed by atoms with Gasteiger partial charge in [0.05, 0.1) is 6.10 Å². The number of hydrogen-bond acceptors (Lipinski definition) is 4. The Kier molecular flexibility index (Phi) is 6.28. The number of aliphatic hydroxyl groups is 1. The van der Waals surface area contributed by atoms with E-state index in [0.717, 1.165) is 37.7 Å². The maximum absolute atomic E-state index is 11.8. The fourth-order valence-corrected chi connectivity index (χ4v) is 8.24. The van der Waals surface area contributed by atoms with E-state index >= 15 is 0 Å². The molecule has 34 heavy (non-hydrogen) atoms. The standard InChI is InChI=1S/C29H35NO3S/c1-29-15-14-23-22-10-7-20(31)16-19(22)17-25(28(23)24(29)11-12-26(29)32)34-21-8-4-18(5-9-21)6-13-27(33)30(2)3/h4-10,13,16,23-26,28,31-32H,11-12,14-15,17H2,1-3H3/b13-6+/t23-,24+,25-,26+,28-,29+/m1/s1. The first-order chi connectivity index (χ1) is 16.3. The normalized spacial score (nSPS) is 32.2. The third-order valence-electron chi connectivity index (χ3n) is 8.69. The van der Waals surface area contributed by atoms with Crippen molar-refractivity contribution in [2.45, 2.75) is 61.2 Å². The van der Waals surface area contributed by atoms with E-state index in [0.29, 0.717) is 28.8 Å². The third-order valence-corrected chi connectivity index (χ3v) is 10.0. The van der Waals surface area contributed by atoms with Crippen LogP contribution in [-0.4, -0.2) is 46.5 Å². The smallest absolute Gasteiger partial charge is 0.246 e. The van der Waals surface area contributed by atoms with Gasteiger partial charge in [-0.1, -0.05) is 25.1 Å². The average Bonchev–Trinajstić information content (AvgIpc) is 3.12. The van der Waals surface area contributed by atoms with Crippen molar-refractivity contribution in [3.63, 3.8) is 0 Å². The maximum Gasteiger partial charge on any atom is 0.246 e. The van der Waals surface area contributed by atoms with Crippen LogP contribution in [-0.2, 0) is 11.2 Å². The number of amides is 1. The Hall–Kier alpha value is -2.24. The molecule has 2 saturated carbocycles. The fourth-order valence-electron chi connectivity index (χ4n) is 6.80. The highest BCUT2D eigenvalue weighted by molar-refractivity contribution is 8.00. The number of hydrogen-bond donors (Lipinski definition) is 2. The van der Waals surface area contributed by atoms with E-state index in [4.69, 9.17) is 0 Å². The second kappa shape index (κ2) is 9.09. The summed E-state index contributed by atoms with van der Waals surface area (Å²) in [5.41, 5.74) is 3.72. The Labute approximate surface area is 207 Å². The number of aromatic hydroxyl groups is 1. The van der Waals surface area contributed by atoms with Gasteiger partial charge >= 0.3 is 0 Å². The number of rotatable bonds is 4. The molecule has 4 nitrogen and oxygen atoms in total. The number of benzene rings is 2. The second-order valence-corrected chi connectivity index (χ2v) is 12.1. The predicted octanol–water partition coefficient (Wildman–Crippen LogP) is 5.48. The summed E-state index contributed by atoms with van der Waals surface area (Å²) in [6.45, 7) is 2.32. The number of thioether (sulfide) groups is 1. The van der Waals surface area contributed by atoms with Crippen LogP contribution in [0.25, 0.3) is 6.08 Å². The minimum absolute atomic E-state index is 0.0159. The van der Waals surface area contributed by atoms with E-state index in [2.05, 4.69) is 37.3 Å². The number of aliphatic hydroxyl groups excluding tert-OH is 1. The molecule has 1 amide bonds. The van der Waals surface area contributed by atoms with E-state index < -0.39 is 0 Å². The molecule has 6 atom stereocenters. The van der Waals surface area contributed by atoms with Crippen LogP contribution < -0.4 is 0 Å². The molecule has 0 radical (unpaired) electrons. The summed E-state index contributed by atoms with van der Waals surface area (Å²) < 4.78 is 0. The summed E-state index contributed by atoms with van der Waals surface area (Å²) >= 11 is 1.94. The van der Waals surface area contributed by atoms with E-state index in [1.165, 1.54) is 16.0 Å². The van der Waals surface area contributed by atoms with E-state index in [1.54, 1.807) is 25.1 Å². The minimum Gasteiger partial charge on any atom is -0.508 e. The van der Waals surface area contributed by atoms with Gasteiger partial charge in [0, 0.05) is 30.3 Å². The van der Waals surface area contributed by atoms with Gasteiger partial charge in [-0.15, -0.1) is 11.8 Å². The van der Waals surface area contributed by atoms with Gasteiger partial charge in [-0.05, 0) is 102 Å². The Morgan fingerprint density at radius 3 is 2.62 bits per heavy atom. The molecule has 5 heteroatoms. The lowest BCUT2D eigenvalue weighted by Gasteiger charge is -2.52. The average molecular weight is 478 g/mol. The van der Waals surface area contributed by atoms with Crippen LogP contribution in [0.1, 0.15) is 55.2 Å². The fraction of sp³-hybridized carbons (Fsp3) is 0.483. The van der Waals surface area contributed by atoms with E-state index in [9.17, 15) is 15.0 Å². The molecule has 0 bridgehead atoms. The quantitative estimate of drug-likeness (QED) is 0.573. The summed E-state index contributed by atoms with van der Waals surface area (Å²) in [4.78, 5) is 14.6. The lowest BCUT2D eigenvalue weighted by atomic mass is 9.55. The highest BCUT2D eigenvalue weighted by atomic mass is 32.2. The molecular formula is C29H35NO3S. The van der Waals surface area contributed by atoms with Crippen LogP contribution in [0.3, 0.4) is 0 Å². The van der Waals surface area contributed by atoms with Gasteiger partial charge in [-0.25, -0.2) is 0 Å². The topological polar surface area (TPSA) is 60.8 Å². The zero-order chi connectivity index (χ0) is 24.0. The zero-order valence-electron chi connectivity index (χ0n) is 20.3. The van der Waals surface area contributed by atoms with Gasteiger partial charge in [-0.2, -0.15) is 0 Å². The first-order valence-corrected chi connectivity index (χ1v) is 13.3. The molecule has 5 rings (SSSR count). The number of phenolic OH excluding ortho intramolecular Hbond substituents is 1. The molecule has 0 saturated heterocycles. The van der Waals surface area contributed by atoms with Crippen LogP contribution in [0.4, 0.5) is 0 Å². The van der Waals surface area contributed by atoms with Crippen molar-refractivity contribution in [2.75, 3.05) is 14.1 Å². The molecule has 3 aliphatic carbocycles. The van der Waals surface area contributed by atoms with Crippen LogP contribution in [0.15, 0.2) is 53.4 Å². The molecule has 180 valence electrons. The van der Waals surface area contributed by atoms with Gasteiger partial charge in [0.2, 0.25) is 5.91 Å². The van der Waals surface area contributed by atoms with Crippen LogP contribution in [0, 0.1) is 17.3 Å². The third kappa shape index (κ3) is 4.18. The summed E-state index contributed by atoms with van der Waals surface area (Å²) in [5.74, 6) is 1.87. The number of likely N-dealkylation sites (N-methyl/N-ethyl adjacent to an activating group) is 1. The Balaban J connectivity index is 1.42. The first-order valence-electron chi connectivity index (χ1n) is 12.4. The van der Waals surface area contributed by atoms with Gasteiger partial charge in [0.25, 0.3) is 0 Å². The number of carbonyl (C=O) groups excluding carboxylic acids is 1. The van der Waals surface area contributed by atoms with Crippen LogP contribution in [0.5, 0.6) is 5.75 Å². The maximum atomic E-state index is 11.8. The van der Waals surface area contributed by atoms with Gasteiger partial charge in [0.1, 0.15) is 5.75 Å². The Bertz CT molecular complexity index is 1100. The van der Waals surface area contributed by atoms with Crippen LogP contribution >= 0.6 is 11.8 Å². The molecule has 2 fully saturated rings. The van der Waals surface area contributed by atoms with Gasteiger partial charge in [0.15, 0.2) is 0 Å². The van der Waals surface area contributed by atoms with Crippen molar-refractivity contribution in [3.8, 4) is 5.75 Å². The number of phenols is 1. The number of fused-ring (bicyclic) bond motifs is 5. The molecule has 0 unspecified atom stereocenters. The molecule has 2 N–H and O–H groups in total. The van der Waals surface area contributed by atoms with Crippen molar-refractivity contribution >= 4 is 23.7 Å². The van der Waals surface area contributed by atoms with Crippen molar-refractivity contribution in [1.82, 2.24) is 4.90 Å². The number of carbonyl (C=O) groups is 1. The molecule has 2 aromatic carbocycles. The van der Waals surface area contributed by atoms with Crippen molar-refractivity contribution in [1.29, 1.82) is 0 Å². The monoisotopic (exact) mass is 477 g/mol. The van der Waals surface area contributed by atoms with Gasteiger partial charge < -0.3 is 15.1 Å². The molecule has 0 aliphatic heterocycles. The lowest BCUT2D eigenvalue weighted by Crippen LogP contribution is -2.48. The predicted molar refractivity (Wildman–Crippen MR) is 138 cm³/mol. The molecule has 2 aromatic rings. The lowest BCUT2D eigenvalue weighted by molar-refractivity contribution is -0.123. The summed E-state index contributed by atoms with van der Waals surface area (Å²) in [6, 6.07) is 14.4. The zero-order valence-corrected chi connectivity index (χ0v) is 21.1.